The molecule has 3 amide bonds. The molecule has 160 valence electrons. The Balaban J connectivity index is 1.34. The molecule has 3 aromatic rings. The summed E-state index contributed by atoms with van der Waals surface area (Å²) in [5, 5.41) is 5.74. The van der Waals surface area contributed by atoms with E-state index in [-0.39, 0.29) is 24.6 Å². The van der Waals surface area contributed by atoms with Crippen molar-refractivity contribution in [3.05, 3.63) is 78.6 Å². The van der Waals surface area contributed by atoms with Crippen LogP contribution in [0.15, 0.2) is 72.9 Å². The van der Waals surface area contributed by atoms with Crippen molar-refractivity contribution in [2.24, 2.45) is 7.05 Å². The fourth-order valence-corrected chi connectivity index (χ4v) is 3.86. The van der Waals surface area contributed by atoms with Crippen LogP contribution in [0.25, 0.3) is 0 Å². The normalized spacial score (nSPS) is 15.5. The molecule has 1 aliphatic heterocycles. The minimum absolute atomic E-state index is 0.0705. The Morgan fingerprint density at radius 1 is 1.00 bits per heavy atom. The van der Waals surface area contributed by atoms with Crippen LogP contribution >= 0.6 is 0 Å². The Bertz CT molecular complexity index is 1050. The predicted octanol–water partition coefficient (Wildman–Crippen LogP) is 4.41. The Morgan fingerprint density at radius 2 is 1.81 bits per heavy atom. The van der Waals surface area contributed by atoms with Crippen LogP contribution in [0.4, 0.5) is 16.2 Å². The Labute approximate surface area is 181 Å². The zero-order valence-corrected chi connectivity index (χ0v) is 17.5. The van der Waals surface area contributed by atoms with Crippen molar-refractivity contribution in [3.63, 3.8) is 0 Å². The lowest BCUT2D eigenvalue weighted by Crippen LogP contribution is -2.35. The van der Waals surface area contributed by atoms with Gasteiger partial charge in [-0.05, 0) is 49.2 Å². The summed E-state index contributed by atoms with van der Waals surface area (Å²) >= 11 is 0. The Hall–Kier alpha value is -3.74. The van der Waals surface area contributed by atoms with Crippen LogP contribution in [0.3, 0.4) is 0 Å². The number of likely N-dealkylation sites (tertiary alicyclic amines) is 1. The first-order valence-corrected chi connectivity index (χ1v) is 10.4. The number of carbonyl (C=O) groups excluding carboxylic acids is 2. The number of benzene rings is 2. The number of hydrogen-bond acceptors (Lipinski definition) is 3. The van der Waals surface area contributed by atoms with Gasteiger partial charge in [0, 0.05) is 42.9 Å². The molecule has 2 N–H and O–H groups in total. The minimum Gasteiger partial charge on any atom is -0.484 e. The van der Waals surface area contributed by atoms with Gasteiger partial charge >= 0.3 is 6.03 Å². The maximum absolute atomic E-state index is 12.9. The molecule has 1 atom stereocenters. The second-order valence-electron chi connectivity index (χ2n) is 7.56. The van der Waals surface area contributed by atoms with Gasteiger partial charge in [0.1, 0.15) is 5.75 Å². The highest BCUT2D eigenvalue weighted by molar-refractivity contribution is 5.92. The van der Waals surface area contributed by atoms with Crippen molar-refractivity contribution in [1.82, 2.24) is 9.47 Å². The highest BCUT2D eigenvalue weighted by Crippen LogP contribution is 2.32. The van der Waals surface area contributed by atoms with Crippen LogP contribution in [0.5, 0.6) is 5.75 Å². The van der Waals surface area contributed by atoms with Gasteiger partial charge in [-0.3, -0.25) is 4.79 Å². The topological polar surface area (TPSA) is 75.6 Å². The second-order valence-corrected chi connectivity index (χ2v) is 7.56. The third-order valence-corrected chi connectivity index (χ3v) is 5.35. The third-order valence-electron chi connectivity index (χ3n) is 5.35. The third kappa shape index (κ3) is 5.06. The number of para-hydroxylation sites is 1. The molecular weight excluding hydrogens is 392 g/mol. The molecule has 4 rings (SSSR count). The van der Waals surface area contributed by atoms with Crippen molar-refractivity contribution < 1.29 is 14.3 Å². The summed E-state index contributed by atoms with van der Waals surface area (Å²) in [5.41, 5.74) is 2.48. The first-order valence-electron chi connectivity index (χ1n) is 10.4. The van der Waals surface area contributed by atoms with Gasteiger partial charge in [-0.15, -0.1) is 0 Å². The second kappa shape index (κ2) is 9.38. The van der Waals surface area contributed by atoms with Crippen molar-refractivity contribution >= 4 is 23.3 Å². The van der Waals surface area contributed by atoms with Crippen LogP contribution in [0, 0.1) is 0 Å². The predicted molar refractivity (Wildman–Crippen MR) is 120 cm³/mol. The largest absolute Gasteiger partial charge is 0.484 e. The van der Waals surface area contributed by atoms with Crippen molar-refractivity contribution in [2.75, 3.05) is 23.8 Å². The summed E-state index contributed by atoms with van der Waals surface area (Å²) in [4.78, 5) is 26.9. The van der Waals surface area contributed by atoms with Gasteiger partial charge in [-0.25, -0.2) is 4.79 Å². The zero-order valence-electron chi connectivity index (χ0n) is 17.5. The molecule has 2 heterocycles. The van der Waals surface area contributed by atoms with E-state index in [1.54, 1.807) is 18.2 Å². The SMILES string of the molecule is Cn1cccc1C1CCCN1C(=O)Nc1cccc(OCC(=O)Nc2ccccc2)c1. The summed E-state index contributed by atoms with van der Waals surface area (Å²) in [6.45, 7) is 0.603. The summed E-state index contributed by atoms with van der Waals surface area (Å²) in [5.74, 6) is 0.268. The van der Waals surface area contributed by atoms with E-state index in [2.05, 4.69) is 21.3 Å². The number of rotatable bonds is 6. The summed E-state index contributed by atoms with van der Waals surface area (Å²) in [6, 6.07) is 20.3. The van der Waals surface area contributed by atoms with Crippen molar-refractivity contribution in [2.45, 2.75) is 18.9 Å². The maximum atomic E-state index is 12.9. The molecule has 1 unspecified atom stereocenters. The smallest absolute Gasteiger partial charge is 0.322 e. The molecule has 7 nitrogen and oxygen atoms in total. The summed E-state index contributed by atoms with van der Waals surface area (Å²) < 4.78 is 7.66. The number of ether oxygens (including phenoxy) is 1. The number of aromatic nitrogens is 1. The van der Waals surface area contributed by atoms with Gasteiger partial charge in [0.15, 0.2) is 6.61 Å². The van der Waals surface area contributed by atoms with E-state index < -0.39 is 0 Å². The van der Waals surface area contributed by atoms with Gasteiger partial charge in [-0.1, -0.05) is 24.3 Å². The Morgan fingerprint density at radius 3 is 2.58 bits per heavy atom. The van der Waals surface area contributed by atoms with Crippen LogP contribution < -0.4 is 15.4 Å². The maximum Gasteiger partial charge on any atom is 0.322 e. The number of hydrogen-bond donors (Lipinski definition) is 2. The lowest BCUT2D eigenvalue weighted by Gasteiger charge is -2.25. The number of aryl methyl sites for hydroxylation is 1. The zero-order chi connectivity index (χ0) is 21.6. The van der Waals surface area contributed by atoms with Crippen LogP contribution in [-0.4, -0.2) is 34.6 Å². The van der Waals surface area contributed by atoms with Crippen LogP contribution in [0.1, 0.15) is 24.6 Å². The average molecular weight is 418 g/mol. The highest BCUT2D eigenvalue weighted by atomic mass is 16.5. The standard InChI is InChI=1S/C24H26N4O3/c1-27-14-6-12-21(27)22-13-7-15-28(22)24(30)26-19-10-5-11-20(16-19)31-17-23(29)25-18-8-3-2-4-9-18/h2-6,8-12,14,16,22H,7,13,15,17H2,1H3,(H,25,29)(H,26,30). The quantitative estimate of drug-likeness (QED) is 0.623. The summed E-state index contributed by atoms with van der Waals surface area (Å²) in [7, 11) is 2.00. The molecule has 7 heteroatoms. The number of anilines is 2. The van der Waals surface area contributed by atoms with Gasteiger partial charge in [0.25, 0.3) is 5.91 Å². The molecule has 0 saturated carbocycles. The number of amides is 3. The van der Waals surface area contributed by atoms with Crippen LogP contribution in [0.2, 0.25) is 0 Å². The number of nitrogens with zero attached hydrogens (tertiary/aromatic N) is 2. The van der Waals surface area contributed by atoms with E-state index in [0.29, 0.717) is 11.4 Å². The van der Waals surface area contributed by atoms with E-state index >= 15 is 0 Å². The summed E-state index contributed by atoms with van der Waals surface area (Å²) in [6.07, 6.45) is 3.92. The molecule has 31 heavy (non-hydrogen) atoms. The molecular formula is C24H26N4O3. The molecule has 0 bridgehead atoms. The van der Waals surface area contributed by atoms with E-state index in [4.69, 9.17) is 4.74 Å². The van der Waals surface area contributed by atoms with Gasteiger partial charge in [0.05, 0.1) is 6.04 Å². The fourth-order valence-electron chi connectivity index (χ4n) is 3.86. The highest BCUT2D eigenvalue weighted by Gasteiger charge is 2.31. The van der Waals surface area contributed by atoms with Crippen molar-refractivity contribution in [3.8, 4) is 5.75 Å². The average Bonchev–Trinajstić information content (AvgIpc) is 3.42. The lowest BCUT2D eigenvalue weighted by atomic mass is 10.1. The molecule has 2 aromatic carbocycles. The molecule has 0 spiro atoms. The lowest BCUT2D eigenvalue weighted by molar-refractivity contribution is -0.118. The molecule has 0 aliphatic carbocycles. The van der Waals surface area contributed by atoms with E-state index in [1.165, 1.54) is 0 Å². The molecule has 0 radical (unpaired) electrons. The molecule has 1 aromatic heterocycles. The first-order chi connectivity index (χ1) is 15.1. The number of nitrogens with one attached hydrogen (secondary N) is 2. The van der Waals surface area contributed by atoms with Gasteiger partial charge < -0.3 is 24.8 Å². The number of urea groups is 1. The van der Waals surface area contributed by atoms with Crippen LogP contribution in [-0.2, 0) is 11.8 Å². The minimum atomic E-state index is -0.247. The fraction of sp³-hybridized carbons (Fsp3) is 0.250. The number of carbonyl (C=O) groups is 2. The Kier molecular flexibility index (Phi) is 6.21. The van der Waals surface area contributed by atoms with E-state index in [9.17, 15) is 9.59 Å². The molecule has 1 fully saturated rings. The van der Waals surface area contributed by atoms with Crippen molar-refractivity contribution in [1.29, 1.82) is 0 Å². The molecule has 1 aliphatic rings. The van der Waals surface area contributed by atoms with E-state index in [1.807, 2.05) is 60.6 Å². The van der Waals surface area contributed by atoms with Gasteiger partial charge in [0.2, 0.25) is 0 Å². The first kappa shape index (κ1) is 20.5. The van der Waals surface area contributed by atoms with Gasteiger partial charge in [-0.2, -0.15) is 0 Å². The molecule has 1 saturated heterocycles. The monoisotopic (exact) mass is 418 g/mol. The van der Waals surface area contributed by atoms with E-state index in [0.717, 1.165) is 30.8 Å².